The van der Waals surface area contributed by atoms with Crippen molar-refractivity contribution in [1.29, 1.82) is 0 Å². The number of alkyl halides is 3. The highest BCUT2D eigenvalue weighted by Crippen LogP contribution is 2.34. The van der Waals surface area contributed by atoms with E-state index in [9.17, 15) is 22.8 Å². The van der Waals surface area contributed by atoms with Crippen molar-refractivity contribution in [2.75, 3.05) is 19.0 Å². The third kappa shape index (κ3) is 6.56. The number of nitrogens with one attached hydrogen (secondary N) is 1. The first-order valence-electron chi connectivity index (χ1n) is 10.7. The number of rotatable bonds is 9. The van der Waals surface area contributed by atoms with E-state index in [-0.39, 0.29) is 5.75 Å². The highest BCUT2D eigenvalue weighted by Gasteiger charge is 2.34. The van der Waals surface area contributed by atoms with Crippen LogP contribution in [0.25, 0.3) is 0 Å². The summed E-state index contributed by atoms with van der Waals surface area (Å²) in [6, 6.07) is 13.0. The molecule has 10 heteroatoms. The van der Waals surface area contributed by atoms with Crippen LogP contribution in [0.2, 0.25) is 0 Å². The summed E-state index contributed by atoms with van der Waals surface area (Å²) >= 11 is 0. The number of para-hydroxylation sites is 1. The summed E-state index contributed by atoms with van der Waals surface area (Å²) in [5.74, 6) is 0.461. The Balaban J connectivity index is 1.67. The van der Waals surface area contributed by atoms with Gasteiger partial charge in [0, 0.05) is 12.3 Å². The first kappa shape index (κ1) is 25.7. The zero-order chi connectivity index (χ0) is 25.6. The molecule has 1 amide bonds. The van der Waals surface area contributed by atoms with Gasteiger partial charge in [0.15, 0.2) is 11.9 Å². The van der Waals surface area contributed by atoms with Gasteiger partial charge in [0.1, 0.15) is 18.1 Å². The molecule has 1 N–H and O–H groups in total. The Bertz CT molecular complexity index is 1220. The molecule has 0 bridgehead atoms. The number of nitrogens with zero attached hydrogens (tertiary/aromatic N) is 1. The van der Waals surface area contributed by atoms with Gasteiger partial charge < -0.3 is 24.1 Å². The Hall–Kier alpha value is -3.95. The molecule has 1 aromatic heterocycles. The van der Waals surface area contributed by atoms with Crippen molar-refractivity contribution in [2.24, 2.45) is 0 Å². The van der Waals surface area contributed by atoms with Gasteiger partial charge in [-0.1, -0.05) is 12.1 Å². The molecule has 2 aromatic carbocycles. The molecule has 0 aliphatic rings. The zero-order valence-electron chi connectivity index (χ0n) is 19.4. The van der Waals surface area contributed by atoms with Crippen molar-refractivity contribution in [1.82, 2.24) is 4.57 Å². The molecule has 0 saturated heterocycles. The van der Waals surface area contributed by atoms with Crippen LogP contribution >= 0.6 is 0 Å². The minimum atomic E-state index is -4.63. The quantitative estimate of drug-likeness (QED) is 0.472. The van der Waals surface area contributed by atoms with Crippen molar-refractivity contribution < 1.29 is 32.2 Å². The van der Waals surface area contributed by atoms with Gasteiger partial charge in [-0.15, -0.1) is 0 Å². The molecule has 186 valence electrons. The van der Waals surface area contributed by atoms with Gasteiger partial charge in [0.25, 0.3) is 5.91 Å². The summed E-state index contributed by atoms with van der Waals surface area (Å²) in [5, 5.41) is 2.23. The lowest BCUT2D eigenvalue weighted by atomic mass is 10.1. The lowest BCUT2D eigenvalue weighted by Gasteiger charge is -2.19. The minimum Gasteiger partial charge on any atom is -0.497 e. The molecule has 0 saturated carbocycles. The highest BCUT2D eigenvalue weighted by molar-refractivity contribution is 5.94. The maximum Gasteiger partial charge on any atom is 0.418 e. The summed E-state index contributed by atoms with van der Waals surface area (Å²) in [5.41, 5.74) is -1.37. The monoisotopic (exact) mass is 490 g/mol. The van der Waals surface area contributed by atoms with E-state index in [1.807, 2.05) is 0 Å². The number of hydrogen-bond donors (Lipinski definition) is 1. The molecule has 3 rings (SSSR count). The van der Waals surface area contributed by atoms with Crippen LogP contribution in [-0.2, 0) is 17.5 Å². The van der Waals surface area contributed by atoms with E-state index in [2.05, 4.69) is 5.32 Å². The SMILES string of the molecule is COc1ccc(OCCn2ccc(=O)c(OC(C)C(=O)Nc3ccccc3C(F)(F)F)c2C)cc1. The van der Waals surface area contributed by atoms with Crippen LogP contribution < -0.4 is 25.0 Å². The molecule has 3 aromatic rings. The first-order chi connectivity index (χ1) is 16.6. The summed E-state index contributed by atoms with van der Waals surface area (Å²) in [6.45, 7) is 3.68. The van der Waals surface area contributed by atoms with Crippen LogP contribution in [0.3, 0.4) is 0 Å². The van der Waals surface area contributed by atoms with Crippen molar-refractivity contribution in [2.45, 2.75) is 32.7 Å². The fraction of sp³-hybridized carbons (Fsp3) is 0.280. The Kier molecular flexibility index (Phi) is 8.06. The van der Waals surface area contributed by atoms with Gasteiger partial charge in [0.05, 0.1) is 30.6 Å². The van der Waals surface area contributed by atoms with E-state index < -0.39 is 34.9 Å². The number of carbonyl (C=O) groups is 1. The maximum atomic E-state index is 13.2. The number of aromatic nitrogens is 1. The maximum absolute atomic E-state index is 13.2. The van der Waals surface area contributed by atoms with Gasteiger partial charge >= 0.3 is 6.18 Å². The fourth-order valence-corrected chi connectivity index (χ4v) is 3.28. The number of methoxy groups -OCH3 is 1. The van der Waals surface area contributed by atoms with Crippen LogP contribution in [-0.4, -0.2) is 30.3 Å². The Morgan fingerprint density at radius 1 is 1.06 bits per heavy atom. The van der Waals surface area contributed by atoms with Gasteiger partial charge in [-0.2, -0.15) is 13.2 Å². The van der Waals surface area contributed by atoms with Gasteiger partial charge in [-0.05, 0) is 50.2 Å². The highest BCUT2D eigenvalue weighted by atomic mass is 19.4. The van der Waals surface area contributed by atoms with Crippen molar-refractivity contribution >= 4 is 11.6 Å². The van der Waals surface area contributed by atoms with E-state index in [4.69, 9.17) is 14.2 Å². The molecular formula is C25H25F3N2O5. The zero-order valence-corrected chi connectivity index (χ0v) is 19.4. The number of ether oxygens (including phenoxy) is 3. The van der Waals surface area contributed by atoms with Crippen LogP contribution in [0.5, 0.6) is 17.2 Å². The van der Waals surface area contributed by atoms with Crippen molar-refractivity contribution in [3.05, 3.63) is 82.3 Å². The third-order valence-electron chi connectivity index (χ3n) is 5.20. The number of amides is 1. The molecule has 1 unspecified atom stereocenters. The fourth-order valence-electron chi connectivity index (χ4n) is 3.28. The summed E-state index contributed by atoms with van der Waals surface area (Å²) in [4.78, 5) is 24.9. The van der Waals surface area contributed by atoms with E-state index >= 15 is 0 Å². The smallest absolute Gasteiger partial charge is 0.418 e. The van der Waals surface area contributed by atoms with E-state index in [0.717, 1.165) is 12.1 Å². The predicted octanol–water partition coefficient (Wildman–Crippen LogP) is 4.67. The Morgan fingerprint density at radius 2 is 1.71 bits per heavy atom. The van der Waals surface area contributed by atoms with Crippen LogP contribution in [0.4, 0.5) is 18.9 Å². The largest absolute Gasteiger partial charge is 0.497 e. The first-order valence-corrected chi connectivity index (χ1v) is 10.7. The average Bonchev–Trinajstić information content (AvgIpc) is 2.83. The van der Waals surface area contributed by atoms with Gasteiger partial charge in [0.2, 0.25) is 5.43 Å². The van der Waals surface area contributed by atoms with Crippen LogP contribution in [0, 0.1) is 6.92 Å². The number of carbonyl (C=O) groups excluding carboxylic acids is 1. The normalized spacial score (nSPS) is 12.1. The van der Waals surface area contributed by atoms with Crippen LogP contribution in [0.1, 0.15) is 18.2 Å². The van der Waals surface area contributed by atoms with Crippen molar-refractivity contribution in [3.63, 3.8) is 0 Å². The number of hydrogen-bond acceptors (Lipinski definition) is 5. The summed E-state index contributed by atoms with van der Waals surface area (Å²) in [6.07, 6.45) is -4.29. The van der Waals surface area contributed by atoms with Gasteiger partial charge in [-0.3, -0.25) is 9.59 Å². The molecule has 35 heavy (non-hydrogen) atoms. The van der Waals surface area contributed by atoms with E-state index in [0.29, 0.717) is 30.3 Å². The number of benzene rings is 2. The minimum absolute atomic E-state index is 0.0660. The van der Waals surface area contributed by atoms with E-state index in [1.54, 1.807) is 49.1 Å². The Morgan fingerprint density at radius 3 is 2.37 bits per heavy atom. The lowest BCUT2D eigenvalue weighted by Crippen LogP contribution is -2.33. The average molecular weight is 490 g/mol. The standard InChI is InChI=1S/C25H25F3N2O5/c1-16-23(35-17(2)24(32)29-21-7-5-4-6-20(21)25(26,27)28)22(31)12-13-30(16)14-15-34-19-10-8-18(33-3)9-11-19/h4-13,17H,14-15H2,1-3H3,(H,29,32). The van der Waals surface area contributed by atoms with Crippen LogP contribution in [0.15, 0.2) is 65.6 Å². The summed E-state index contributed by atoms with van der Waals surface area (Å²) < 4.78 is 57.7. The Labute approximate surface area is 200 Å². The van der Waals surface area contributed by atoms with Gasteiger partial charge in [-0.25, -0.2) is 0 Å². The third-order valence-corrected chi connectivity index (χ3v) is 5.20. The number of pyridine rings is 1. The molecule has 1 heterocycles. The topological polar surface area (TPSA) is 78.8 Å². The lowest BCUT2D eigenvalue weighted by molar-refractivity contribution is -0.137. The molecule has 0 fully saturated rings. The van der Waals surface area contributed by atoms with Crippen molar-refractivity contribution in [3.8, 4) is 17.2 Å². The molecule has 7 nitrogen and oxygen atoms in total. The molecule has 0 aliphatic carbocycles. The number of halogens is 3. The molecule has 0 radical (unpaired) electrons. The second-order valence-electron chi connectivity index (χ2n) is 7.60. The second kappa shape index (κ2) is 11.0. The predicted molar refractivity (Wildman–Crippen MR) is 124 cm³/mol. The summed E-state index contributed by atoms with van der Waals surface area (Å²) in [7, 11) is 1.57. The molecular weight excluding hydrogens is 465 g/mol. The number of anilines is 1. The molecule has 0 spiro atoms. The molecule has 0 aliphatic heterocycles. The van der Waals surface area contributed by atoms with E-state index in [1.165, 1.54) is 25.1 Å². The molecule has 1 atom stereocenters. The second-order valence-corrected chi connectivity index (χ2v) is 7.60.